The Morgan fingerprint density at radius 1 is 1.21 bits per heavy atom. The molecule has 0 aliphatic carbocycles. The van der Waals surface area contributed by atoms with Gasteiger partial charge in [0.2, 0.25) is 0 Å². The van der Waals surface area contributed by atoms with E-state index in [1.807, 2.05) is 26.0 Å². The predicted octanol–water partition coefficient (Wildman–Crippen LogP) is 1.77. The summed E-state index contributed by atoms with van der Waals surface area (Å²) in [5, 5.41) is 12.9. The molecular formula is C21H32FN3O3. The number of amides is 1. The van der Waals surface area contributed by atoms with Gasteiger partial charge in [0.15, 0.2) is 6.10 Å². The lowest BCUT2D eigenvalue weighted by molar-refractivity contribution is -0.159. The smallest absolute Gasteiger partial charge is 0.252 e. The highest BCUT2D eigenvalue weighted by atomic mass is 19.1. The lowest BCUT2D eigenvalue weighted by atomic mass is 9.98. The van der Waals surface area contributed by atoms with Gasteiger partial charge in [-0.3, -0.25) is 9.69 Å². The maximum absolute atomic E-state index is 13.1. The van der Waals surface area contributed by atoms with Gasteiger partial charge >= 0.3 is 0 Å². The van der Waals surface area contributed by atoms with Crippen molar-refractivity contribution in [2.45, 2.75) is 57.5 Å². The maximum atomic E-state index is 13.1. The summed E-state index contributed by atoms with van der Waals surface area (Å²) in [5.74, 6) is -0.430. The van der Waals surface area contributed by atoms with Crippen molar-refractivity contribution < 1.29 is 19.0 Å². The minimum Gasteiger partial charge on any atom is -0.390 e. The molecule has 1 amide bonds. The van der Waals surface area contributed by atoms with Crippen LogP contribution in [-0.2, 0) is 9.53 Å². The minimum atomic E-state index is -0.767. The Bertz CT molecular complexity index is 632. The fourth-order valence-electron chi connectivity index (χ4n) is 3.90. The summed E-state index contributed by atoms with van der Waals surface area (Å²) in [5.41, 5.74) is 1.06. The van der Waals surface area contributed by atoms with Gasteiger partial charge in [-0.25, -0.2) is 4.39 Å². The Kier molecular flexibility index (Phi) is 7.26. The van der Waals surface area contributed by atoms with Gasteiger partial charge in [0.25, 0.3) is 5.91 Å². The Morgan fingerprint density at radius 3 is 2.54 bits per heavy atom. The standard InChI is InChI=1S/C21H32FN3O3/c1-15(2)23-21(27)20-19(26)8-7-18(28-20)9-10-24-11-13-25(14-12-24)17-5-3-16(22)4-6-17/h3-6,15,18-20,26H,7-14H2,1-2H3,(H,23,27)/t18-,19-,20-/m0/s1. The van der Waals surface area contributed by atoms with Crippen LogP contribution >= 0.6 is 0 Å². The van der Waals surface area contributed by atoms with Gasteiger partial charge in [0.05, 0.1) is 12.2 Å². The SMILES string of the molecule is CC(C)NC(=O)[C@H]1O[C@H](CCN2CCN(c3ccc(F)cc3)CC2)CC[C@@H]1O. The van der Waals surface area contributed by atoms with Gasteiger partial charge < -0.3 is 20.1 Å². The Labute approximate surface area is 166 Å². The molecule has 0 spiro atoms. The number of hydrogen-bond acceptors (Lipinski definition) is 5. The first-order chi connectivity index (χ1) is 13.4. The van der Waals surface area contributed by atoms with E-state index in [4.69, 9.17) is 4.74 Å². The zero-order valence-electron chi connectivity index (χ0n) is 16.8. The first-order valence-electron chi connectivity index (χ1n) is 10.3. The van der Waals surface area contributed by atoms with Crippen molar-refractivity contribution >= 4 is 11.6 Å². The number of nitrogens with zero attached hydrogens (tertiary/aromatic N) is 2. The molecule has 2 aliphatic heterocycles. The number of benzene rings is 1. The molecule has 7 heteroatoms. The highest BCUT2D eigenvalue weighted by Crippen LogP contribution is 2.23. The van der Waals surface area contributed by atoms with Crippen LogP contribution < -0.4 is 10.2 Å². The highest BCUT2D eigenvalue weighted by molar-refractivity contribution is 5.81. The van der Waals surface area contributed by atoms with E-state index in [-0.39, 0.29) is 23.9 Å². The van der Waals surface area contributed by atoms with Crippen LogP contribution in [0.4, 0.5) is 10.1 Å². The van der Waals surface area contributed by atoms with Crippen molar-refractivity contribution in [3.63, 3.8) is 0 Å². The van der Waals surface area contributed by atoms with Crippen LogP contribution in [0.1, 0.15) is 33.1 Å². The number of nitrogens with one attached hydrogen (secondary N) is 1. The van der Waals surface area contributed by atoms with E-state index in [1.54, 1.807) is 0 Å². The average Bonchev–Trinajstić information content (AvgIpc) is 2.68. The second-order valence-corrected chi connectivity index (χ2v) is 8.08. The molecule has 2 heterocycles. The molecule has 156 valence electrons. The fraction of sp³-hybridized carbons (Fsp3) is 0.667. The number of carbonyl (C=O) groups excluding carboxylic acids is 1. The topological polar surface area (TPSA) is 65.0 Å². The molecule has 0 aromatic heterocycles. The van der Waals surface area contributed by atoms with E-state index < -0.39 is 12.2 Å². The molecule has 2 aliphatic rings. The van der Waals surface area contributed by atoms with E-state index in [2.05, 4.69) is 15.1 Å². The third-order valence-corrected chi connectivity index (χ3v) is 5.49. The summed E-state index contributed by atoms with van der Waals surface area (Å²) in [7, 11) is 0. The van der Waals surface area contributed by atoms with Gasteiger partial charge in [0, 0.05) is 44.5 Å². The van der Waals surface area contributed by atoms with Gasteiger partial charge in [-0.05, 0) is 57.4 Å². The lowest BCUT2D eigenvalue weighted by Gasteiger charge is -2.38. The van der Waals surface area contributed by atoms with E-state index in [1.165, 1.54) is 12.1 Å². The number of piperazine rings is 1. The van der Waals surface area contributed by atoms with E-state index >= 15 is 0 Å². The Balaban J connectivity index is 1.42. The fourth-order valence-corrected chi connectivity index (χ4v) is 3.90. The molecular weight excluding hydrogens is 361 g/mol. The normalized spacial score (nSPS) is 26.5. The summed E-state index contributed by atoms with van der Waals surface area (Å²) >= 11 is 0. The number of hydrogen-bond donors (Lipinski definition) is 2. The van der Waals surface area contributed by atoms with E-state index in [0.717, 1.165) is 51.3 Å². The summed E-state index contributed by atoms with van der Waals surface area (Å²) in [6.07, 6.45) is 0.739. The van der Waals surface area contributed by atoms with Crippen molar-refractivity contribution in [3.05, 3.63) is 30.1 Å². The molecule has 2 saturated heterocycles. The molecule has 3 rings (SSSR count). The van der Waals surface area contributed by atoms with Gasteiger partial charge in [-0.15, -0.1) is 0 Å². The molecule has 0 bridgehead atoms. The quantitative estimate of drug-likeness (QED) is 0.771. The molecule has 0 saturated carbocycles. The third-order valence-electron chi connectivity index (χ3n) is 5.49. The van der Waals surface area contributed by atoms with E-state index in [9.17, 15) is 14.3 Å². The molecule has 0 radical (unpaired) electrons. The Hall–Kier alpha value is -1.70. The van der Waals surface area contributed by atoms with Crippen molar-refractivity contribution in [3.8, 4) is 0 Å². The van der Waals surface area contributed by atoms with Crippen LogP contribution in [0.3, 0.4) is 0 Å². The monoisotopic (exact) mass is 393 g/mol. The van der Waals surface area contributed by atoms with Crippen LogP contribution in [0.5, 0.6) is 0 Å². The van der Waals surface area contributed by atoms with Gasteiger partial charge in [-0.2, -0.15) is 0 Å². The van der Waals surface area contributed by atoms with Crippen molar-refractivity contribution in [1.82, 2.24) is 10.2 Å². The molecule has 3 atom stereocenters. The number of rotatable bonds is 6. The summed E-state index contributed by atoms with van der Waals surface area (Å²) in [4.78, 5) is 16.9. The van der Waals surface area contributed by atoms with E-state index in [0.29, 0.717) is 6.42 Å². The zero-order valence-corrected chi connectivity index (χ0v) is 16.8. The number of aliphatic hydroxyl groups excluding tert-OH is 1. The van der Waals surface area contributed by atoms with Crippen LogP contribution in [0.2, 0.25) is 0 Å². The first-order valence-corrected chi connectivity index (χ1v) is 10.3. The van der Waals surface area contributed by atoms with Crippen LogP contribution in [0, 0.1) is 5.82 Å². The number of carbonyl (C=O) groups is 1. The van der Waals surface area contributed by atoms with Gasteiger partial charge in [0.1, 0.15) is 5.82 Å². The summed E-state index contributed by atoms with van der Waals surface area (Å²) in [6, 6.07) is 6.69. The molecule has 0 unspecified atom stereocenters. The van der Waals surface area contributed by atoms with Crippen LogP contribution in [0.25, 0.3) is 0 Å². The largest absolute Gasteiger partial charge is 0.390 e. The van der Waals surface area contributed by atoms with Crippen LogP contribution in [0.15, 0.2) is 24.3 Å². The number of ether oxygens (including phenoxy) is 1. The molecule has 28 heavy (non-hydrogen) atoms. The van der Waals surface area contributed by atoms with Crippen molar-refractivity contribution in [1.29, 1.82) is 0 Å². The second-order valence-electron chi connectivity index (χ2n) is 8.08. The first kappa shape index (κ1) is 21.0. The summed E-state index contributed by atoms with van der Waals surface area (Å²) < 4.78 is 19.0. The molecule has 2 fully saturated rings. The van der Waals surface area contributed by atoms with Crippen molar-refractivity contribution in [2.24, 2.45) is 0 Å². The number of anilines is 1. The Morgan fingerprint density at radius 2 is 1.89 bits per heavy atom. The zero-order chi connectivity index (χ0) is 20.1. The highest BCUT2D eigenvalue weighted by Gasteiger charge is 2.35. The molecule has 6 nitrogen and oxygen atoms in total. The number of aliphatic hydroxyl groups is 1. The third kappa shape index (κ3) is 5.65. The number of halogens is 1. The molecule has 2 N–H and O–H groups in total. The second kappa shape index (κ2) is 9.67. The average molecular weight is 394 g/mol. The predicted molar refractivity (Wildman–Crippen MR) is 107 cm³/mol. The summed E-state index contributed by atoms with van der Waals surface area (Å²) in [6.45, 7) is 8.43. The lowest BCUT2D eigenvalue weighted by Crippen LogP contribution is -2.51. The van der Waals surface area contributed by atoms with Gasteiger partial charge in [-0.1, -0.05) is 0 Å². The molecule has 1 aromatic rings. The molecule has 1 aromatic carbocycles. The van der Waals surface area contributed by atoms with Crippen molar-refractivity contribution in [2.75, 3.05) is 37.6 Å². The van der Waals surface area contributed by atoms with Crippen LogP contribution in [-0.4, -0.2) is 73.0 Å². The maximum Gasteiger partial charge on any atom is 0.252 e. The minimum absolute atomic E-state index is 0.00133.